The van der Waals surface area contributed by atoms with Crippen molar-refractivity contribution in [3.63, 3.8) is 0 Å². The highest BCUT2D eigenvalue weighted by Crippen LogP contribution is 2.40. The molecule has 18 heavy (non-hydrogen) atoms. The minimum Gasteiger partial charge on any atom is -0.491 e. The third kappa shape index (κ3) is 2.10. The van der Waals surface area contributed by atoms with E-state index in [0.29, 0.717) is 32.1 Å². The first-order valence-corrected chi connectivity index (χ1v) is 6.34. The molecule has 1 fully saturated rings. The molecule has 100 valence electrons. The summed E-state index contributed by atoms with van der Waals surface area (Å²) in [6, 6.07) is 5.17. The van der Waals surface area contributed by atoms with E-state index in [4.69, 9.17) is 15.2 Å². The van der Waals surface area contributed by atoms with Crippen molar-refractivity contribution >= 4 is 0 Å². The second-order valence-electron chi connectivity index (χ2n) is 4.86. The van der Waals surface area contributed by atoms with Crippen LogP contribution in [0.3, 0.4) is 0 Å². The molecule has 1 aromatic rings. The SMILES string of the molecule is CCOc1ccc(C2(C(C)CN)COC2)cc1F. The number of nitrogens with two attached hydrogens (primary N) is 1. The van der Waals surface area contributed by atoms with Gasteiger partial charge in [-0.3, -0.25) is 0 Å². The summed E-state index contributed by atoms with van der Waals surface area (Å²) in [6.45, 7) is 6.17. The van der Waals surface area contributed by atoms with Gasteiger partial charge in [-0.15, -0.1) is 0 Å². The van der Waals surface area contributed by atoms with Gasteiger partial charge in [0, 0.05) is 5.41 Å². The van der Waals surface area contributed by atoms with E-state index in [9.17, 15) is 4.39 Å². The number of benzene rings is 1. The van der Waals surface area contributed by atoms with Gasteiger partial charge in [0.25, 0.3) is 0 Å². The number of ether oxygens (including phenoxy) is 2. The maximum atomic E-state index is 13.9. The van der Waals surface area contributed by atoms with Crippen LogP contribution in [0.5, 0.6) is 5.75 Å². The lowest BCUT2D eigenvalue weighted by Gasteiger charge is -2.46. The molecule has 0 spiro atoms. The fourth-order valence-corrected chi connectivity index (χ4v) is 2.37. The monoisotopic (exact) mass is 253 g/mol. The van der Waals surface area contributed by atoms with E-state index in [1.807, 2.05) is 13.0 Å². The van der Waals surface area contributed by atoms with Gasteiger partial charge in [-0.05, 0) is 37.1 Å². The van der Waals surface area contributed by atoms with Gasteiger partial charge in [0.2, 0.25) is 0 Å². The number of hydrogen-bond acceptors (Lipinski definition) is 3. The first-order valence-electron chi connectivity index (χ1n) is 6.34. The molecule has 1 heterocycles. The van der Waals surface area contributed by atoms with Crippen LogP contribution in [0.4, 0.5) is 4.39 Å². The smallest absolute Gasteiger partial charge is 0.165 e. The lowest BCUT2D eigenvalue weighted by atomic mass is 9.69. The third-order valence-electron chi connectivity index (χ3n) is 3.82. The lowest BCUT2D eigenvalue weighted by Crippen LogP contribution is -2.53. The summed E-state index contributed by atoms with van der Waals surface area (Å²) in [5.41, 5.74) is 6.56. The molecule has 0 bridgehead atoms. The Hall–Kier alpha value is -1.13. The summed E-state index contributed by atoms with van der Waals surface area (Å²) in [6.07, 6.45) is 0. The lowest BCUT2D eigenvalue weighted by molar-refractivity contribution is -0.0855. The van der Waals surface area contributed by atoms with E-state index in [2.05, 4.69) is 6.92 Å². The van der Waals surface area contributed by atoms with Crippen molar-refractivity contribution in [2.75, 3.05) is 26.4 Å². The van der Waals surface area contributed by atoms with E-state index in [-0.39, 0.29) is 17.2 Å². The molecule has 1 atom stereocenters. The molecule has 0 aromatic heterocycles. The average Bonchev–Trinajstić information content (AvgIpc) is 2.31. The number of halogens is 1. The van der Waals surface area contributed by atoms with E-state index in [1.165, 1.54) is 0 Å². The second kappa shape index (κ2) is 5.24. The summed E-state index contributed by atoms with van der Waals surface area (Å²) in [5, 5.41) is 0. The molecule has 1 saturated heterocycles. The second-order valence-corrected chi connectivity index (χ2v) is 4.86. The third-order valence-corrected chi connectivity index (χ3v) is 3.82. The van der Waals surface area contributed by atoms with Crippen LogP contribution in [-0.4, -0.2) is 26.4 Å². The zero-order valence-corrected chi connectivity index (χ0v) is 10.9. The van der Waals surface area contributed by atoms with Crippen LogP contribution in [0.25, 0.3) is 0 Å². The van der Waals surface area contributed by atoms with Crippen molar-refractivity contribution in [3.8, 4) is 5.75 Å². The zero-order chi connectivity index (χ0) is 13.2. The molecule has 3 nitrogen and oxygen atoms in total. The Balaban J connectivity index is 2.30. The van der Waals surface area contributed by atoms with Gasteiger partial charge in [0.05, 0.1) is 19.8 Å². The van der Waals surface area contributed by atoms with E-state index < -0.39 is 0 Å². The van der Waals surface area contributed by atoms with Crippen molar-refractivity contribution in [1.29, 1.82) is 0 Å². The molecule has 0 aliphatic carbocycles. The Morgan fingerprint density at radius 2 is 2.22 bits per heavy atom. The van der Waals surface area contributed by atoms with Gasteiger partial charge >= 0.3 is 0 Å². The highest BCUT2D eigenvalue weighted by Gasteiger charge is 2.44. The van der Waals surface area contributed by atoms with Crippen LogP contribution >= 0.6 is 0 Å². The van der Waals surface area contributed by atoms with Crippen LogP contribution in [-0.2, 0) is 10.2 Å². The maximum Gasteiger partial charge on any atom is 0.165 e. The quantitative estimate of drug-likeness (QED) is 0.874. The van der Waals surface area contributed by atoms with E-state index in [0.717, 1.165) is 5.56 Å². The molecule has 4 heteroatoms. The molecule has 1 aromatic carbocycles. The Kier molecular flexibility index (Phi) is 3.88. The first kappa shape index (κ1) is 13.3. The standard InChI is InChI=1S/C14H20FNO2/c1-3-18-13-5-4-11(6-12(13)15)14(8-17-9-14)10(2)7-16/h4-6,10H,3,7-9,16H2,1-2H3. The summed E-state index contributed by atoms with van der Waals surface area (Å²) in [5.74, 6) is 0.255. The summed E-state index contributed by atoms with van der Waals surface area (Å²) in [4.78, 5) is 0. The van der Waals surface area contributed by atoms with Crippen LogP contribution in [0, 0.1) is 11.7 Å². The van der Waals surface area contributed by atoms with Crippen molar-refractivity contribution in [2.24, 2.45) is 11.7 Å². The van der Waals surface area contributed by atoms with Crippen molar-refractivity contribution in [2.45, 2.75) is 19.3 Å². The van der Waals surface area contributed by atoms with Gasteiger partial charge in [-0.1, -0.05) is 13.0 Å². The van der Waals surface area contributed by atoms with Gasteiger partial charge in [0.15, 0.2) is 11.6 Å². The highest BCUT2D eigenvalue weighted by atomic mass is 19.1. The van der Waals surface area contributed by atoms with Gasteiger partial charge in [0.1, 0.15) is 0 Å². The number of rotatable bonds is 5. The molecule has 1 aliphatic heterocycles. The Labute approximate surface area is 107 Å². The van der Waals surface area contributed by atoms with Gasteiger partial charge in [-0.25, -0.2) is 4.39 Å². The van der Waals surface area contributed by atoms with Gasteiger partial charge < -0.3 is 15.2 Å². The Morgan fingerprint density at radius 3 is 2.67 bits per heavy atom. The van der Waals surface area contributed by atoms with Crippen LogP contribution in [0.1, 0.15) is 19.4 Å². The van der Waals surface area contributed by atoms with E-state index >= 15 is 0 Å². The fraction of sp³-hybridized carbons (Fsp3) is 0.571. The molecule has 0 radical (unpaired) electrons. The molecule has 0 amide bonds. The van der Waals surface area contributed by atoms with Crippen LogP contribution in [0.15, 0.2) is 18.2 Å². The van der Waals surface area contributed by atoms with Crippen molar-refractivity contribution in [1.82, 2.24) is 0 Å². The molecule has 1 aliphatic rings. The minimum atomic E-state index is -0.315. The zero-order valence-electron chi connectivity index (χ0n) is 10.9. The topological polar surface area (TPSA) is 44.5 Å². The average molecular weight is 253 g/mol. The van der Waals surface area contributed by atoms with Gasteiger partial charge in [-0.2, -0.15) is 0 Å². The van der Waals surface area contributed by atoms with Crippen LogP contribution < -0.4 is 10.5 Å². The molecule has 0 saturated carbocycles. The largest absolute Gasteiger partial charge is 0.491 e. The maximum absolute atomic E-state index is 13.9. The van der Waals surface area contributed by atoms with Crippen molar-refractivity contribution < 1.29 is 13.9 Å². The highest BCUT2D eigenvalue weighted by molar-refractivity contribution is 5.36. The first-order chi connectivity index (χ1) is 8.64. The molecule has 2 rings (SSSR count). The normalized spacial score (nSPS) is 19.1. The van der Waals surface area contributed by atoms with Crippen LogP contribution in [0.2, 0.25) is 0 Å². The summed E-state index contributed by atoms with van der Waals surface area (Å²) >= 11 is 0. The summed E-state index contributed by atoms with van der Waals surface area (Å²) in [7, 11) is 0. The number of hydrogen-bond donors (Lipinski definition) is 1. The molecular formula is C14H20FNO2. The Morgan fingerprint density at radius 1 is 1.50 bits per heavy atom. The predicted octanol–water partition coefficient (Wildman–Crippen LogP) is 2.09. The van der Waals surface area contributed by atoms with E-state index in [1.54, 1.807) is 12.1 Å². The molecule has 1 unspecified atom stereocenters. The predicted molar refractivity (Wildman–Crippen MR) is 68.3 cm³/mol. The fourth-order valence-electron chi connectivity index (χ4n) is 2.37. The Bertz CT molecular complexity index is 418. The summed E-state index contributed by atoms with van der Waals surface area (Å²) < 4.78 is 24.4. The molecule has 2 N–H and O–H groups in total. The molecular weight excluding hydrogens is 233 g/mol. The van der Waals surface area contributed by atoms with Crippen molar-refractivity contribution in [3.05, 3.63) is 29.6 Å². The minimum absolute atomic E-state index is 0.139.